The lowest BCUT2D eigenvalue weighted by atomic mass is 9.81. The zero-order valence-electron chi connectivity index (χ0n) is 14.4. The standard InChI is InChI=1S/C21H28N2/c1-3-14-9-7-11-18(20(14)22)16(4-2)19-13-12-15-8-5-6-10-17(15)21(19)23/h7,9,11-13,16H,3-6,8,10,22-23H2,1-2H3. The van der Waals surface area contributed by atoms with Crippen molar-refractivity contribution in [3.05, 3.63) is 58.1 Å². The number of hydrogen-bond acceptors (Lipinski definition) is 2. The molecule has 2 aromatic carbocycles. The minimum absolute atomic E-state index is 0.286. The Balaban J connectivity index is 2.09. The second-order valence-electron chi connectivity index (χ2n) is 6.65. The fourth-order valence-electron chi connectivity index (χ4n) is 4.03. The predicted octanol–water partition coefficient (Wildman–Crippen LogP) is 4.83. The number of nitrogen functional groups attached to an aromatic ring is 2. The van der Waals surface area contributed by atoms with Gasteiger partial charge in [-0.2, -0.15) is 0 Å². The molecule has 1 unspecified atom stereocenters. The third-order valence-corrected chi connectivity index (χ3v) is 5.38. The van der Waals surface area contributed by atoms with Crippen LogP contribution in [0.3, 0.4) is 0 Å². The molecule has 0 amide bonds. The molecule has 23 heavy (non-hydrogen) atoms. The van der Waals surface area contributed by atoms with Crippen LogP contribution in [0.1, 0.15) is 66.8 Å². The summed E-state index contributed by atoms with van der Waals surface area (Å²) >= 11 is 0. The summed E-state index contributed by atoms with van der Waals surface area (Å²) in [4.78, 5) is 0. The molecule has 0 aromatic heterocycles. The van der Waals surface area contributed by atoms with Gasteiger partial charge in [-0.15, -0.1) is 0 Å². The molecule has 2 nitrogen and oxygen atoms in total. The van der Waals surface area contributed by atoms with Crippen molar-refractivity contribution in [3.8, 4) is 0 Å². The summed E-state index contributed by atoms with van der Waals surface area (Å²) in [6, 6.07) is 11.0. The maximum Gasteiger partial charge on any atom is 0.0388 e. The summed E-state index contributed by atoms with van der Waals surface area (Å²) in [6.07, 6.45) is 6.81. The highest BCUT2D eigenvalue weighted by Gasteiger charge is 2.22. The van der Waals surface area contributed by atoms with E-state index < -0.39 is 0 Å². The molecule has 0 heterocycles. The molecule has 0 spiro atoms. The molecule has 0 saturated carbocycles. The van der Waals surface area contributed by atoms with E-state index >= 15 is 0 Å². The lowest BCUT2D eigenvalue weighted by Crippen LogP contribution is -2.13. The lowest BCUT2D eigenvalue weighted by molar-refractivity contribution is 0.683. The molecule has 3 rings (SSSR count). The van der Waals surface area contributed by atoms with Gasteiger partial charge in [0.05, 0.1) is 0 Å². The first kappa shape index (κ1) is 15.9. The van der Waals surface area contributed by atoms with Gasteiger partial charge >= 0.3 is 0 Å². The summed E-state index contributed by atoms with van der Waals surface area (Å²) in [5.74, 6) is 0.286. The molecule has 4 N–H and O–H groups in total. The van der Waals surface area contributed by atoms with Gasteiger partial charge in [0, 0.05) is 17.3 Å². The summed E-state index contributed by atoms with van der Waals surface area (Å²) in [6.45, 7) is 4.38. The second-order valence-corrected chi connectivity index (χ2v) is 6.65. The van der Waals surface area contributed by atoms with Crippen LogP contribution in [0.15, 0.2) is 30.3 Å². The zero-order chi connectivity index (χ0) is 16.4. The first-order valence-corrected chi connectivity index (χ1v) is 8.94. The first-order valence-electron chi connectivity index (χ1n) is 8.94. The van der Waals surface area contributed by atoms with E-state index in [-0.39, 0.29) is 5.92 Å². The molecule has 0 radical (unpaired) electrons. The van der Waals surface area contributed by atoms with Crippen molar-refractivity contribution in [3.63, 3.8) is 0 Å². The van der Waals surface area contributed by atoms with Gasteiger partial charge in [0.1, 0.15) is 0 Å². The van der Waals surface area contributed by atoms with E-state index in [1.54, 1.807) is 0 Å². The van der Waals surface area contributed by atoms with E-state index in [2.05, 4.69) is 44.2 Å². The van der Waals surface area contributed by atoms with Crippen LogP contribution in [0.4, 0.5) is 11.4 Å². The average molecular weight is 308 g/mol. The van der Waals surface area contributed by atoms with Crippen LogP contribution in [0.2, 0.25) is 0 Å². The Labute approximate surface area is 139 Å². The number of nitrogens with two attached hydrogens (primary N) is 2. The van der Waals surface area contributed by atoms with Gasteiger partial charge in [0.15, 0.2) is 0 Å². The second kappa shape index (κ2) is 6.66. The number of benzene rings is 2. The maximum absolute atomic E-state index is 6.60. The Bertz CT molecular complexity index is 703. The van der Waals surface area contributed by atoms with Crippen molar-refractivity contribution in [1.82, 2.24) is 0 Å². The number of rotatable bonds is 4. The predicted molar refractivity (Wildman–Crippen MR) is 99.9 cm³/mol. The number of hydrogen-bond donors (Lipinski definition) is 2. The Morgan fingerprint density at radius 2 is 1.65 bits per heavy atom. The monoisotopic (exact) mass is 308 g/mol. The van der Waals surface area contributed by atoms with Crippen molar-refractivity contribution in [2.24, 2.45) is 0 Å². The van der Waals surface area contributed by atoms with Crippen molar-refractivity contribution in [2.75, 3.05) is 11.5 Å². The van der Waals surface area contributed by atoms with Crippen LogP contribution < -0.4 is 11.5 Å². The average Bonchev–Trinajstić information content (AvgIpc) is 2.59. The van der Waals surface area contributed by atoms with Crippen molar-refractivity contribution < 1.29 is 0 Å². The molecule has 2 heteroatoms. The molecule has 0 saturated heterocycles. The van der Waals surface area contributed by atoms with Crippen molar-refractivity contribution >= 4 is 11.4 Å². The Hall–Kier alpha value is -1.96. The van der Waals surface area contributed by atoms with Gasteiger partial charge in [-0.05, 0) is 66.3 Å². The first-order chi connectivity index (χ1) is 11.2. The van der Waals surface area contributed by atoms with Crippen molar-refractivity contribution in [1.29, 1.82) is 0 Å². The van der Waals surface area contributed by atoms with Gasteiger partial charge < -0.3 is 11.5 Å². The number of aryl methyl sites for hydroxylation is 2. The number of para-hydroxylation sites is 1. The van der Waals surface area contributed by atoms with Crippen LogP contribution in [-0.2, 0) is 19.3 Å². The van der Waals surface area contributed by atoms with Gasteiger partial charge in [0.25, 0.3) is 0 Å². The minimum Gasteiger partial charge on any atom is -0.398 e. The number of fused-ring (bicyclic) bond motifs is 1. The molecule has 1 aliphatic carbocycles. The van der Waals surface area contributed by atoms with Crippen LogP contribution in [-0.4, -0.2) is 0 Å². The maximum atomic E-state index is 6.60. The highest BCUT2D eigenvalue weighted by atomic mass is 14.6. The summed E-state index contributed by atoms with van der Waals surface area (Å²) in [5.41, 5.74) is 21.6. The Morgan fingerprint density at radius 3 is 2.39 bits per heavy atom. The molecule has 2 aromatic rings. The van der Waals surface area contributed by atoms with E-state index in [4.69, 9.17) is 11.5 Å². The molecule has 1 atom stereocenters. The van der Waals surface area contributed by atoms with E-state index in [9.17, 15) is 0 Å². The van der Waals surface area contributed by atoms with Crippen LogP contribution in [0.5, 0.6) is 0 Å². The molecule has 0 bridgehead atoms. The number of anilines is 2. The third-order valence-electron chi connectivity index (χ3n) is 5.38. The molecular formula is C21H28N2. The Morgan fingerprint density at radius 1 is 0.913 bits per heavy atom. The lowest BCUT2D eigenvalue weighted by Gasteiger charge is -2.25. The minimum atomic E-state index is 0.286. The van der Waals surface area contributed by atoms with E-state index in [1.165, 1.54) is 47.1 Å². The SMILES string of the molecule is CCc1cccc(C(CC)c2ccc3c(c2N)CCCC3)c1N. The highest BCUT2D eigenvalue weighted by Crippen LogP contribution is 2.39. The smallest absolute Gasteiger partial charge is 0.0388 e. The van der Waals surface area contributed by atoms with E-state index in [0.717, 1.165) is 30.6 Å². The van der Waals surface area contributed by atoms with Gasteiger partial charge in [-0.1, -0.05) is 44.2 Å². The molecule has 0 aliphatic heterocycles. The quantitative estimate of drug-likeness (QED) is 0.794. The van der Waals surface area contributed by atoms with Crippen LogP contribution in [0, 0.1) is 0 Å². The topological polar surface area (TPSA) is 52.0 Å². The summed E-state index contributed by atoms with van der Waals surface area (Å²) < 4.78 is 0. The molecule has 122 valence electrons. The normalized spacial score (nSPS) is 15.2. The van der Waals surface area contributed by atoms with Gasteiger partial charge in [0.2, 0.25) is 0 Å². The summed E-state index contributed by atoms with van der Waals surface area (Å²) in [7, 11) is 0. The Kier molecular flexibility index (Phi) is 4.61. The van der Waals surface area contributed by atoms with Gasteiger partial charge in [-0.3, -0.25) is 0 Å². The fourth-order valence-corrected chi connectivity index (χ4v) is 4.03. The zero-order valence-corrected chi connectivity index (χ0v) is 14.4. The fraction of sp³-hybridized carbons (Fsp3) is 0.429. The van der Waals surface area contributed by atoms with Gasteiger partial charge in [-0.25, -0.2) is 0 Å². The molecule has 1 aliphatic rings. The van der Waals surface area contributed by atoms with E-state index in [0.29, 0.717) is 0 Å². The largest absolute Gasteiger partial charge is 0.398 e. The third kappa shape index (κ3) is 2.83. The van der Waals surface area contributed by atoms with Crippen LogP contribution >= 0.6 is 0 Å². The highest BCUT2D eigenvalue weighted by molar-refractivity contribution is 5.64. The van der Waals surface area contributed by atoms with E-state index in [1.807, 2.05) is 0 Å². The summed E-state index contributed by atoms with van der Waals surface area (Å²) in [5, 5.41) is 0. The molecule has 0 fully saturated rings. The van der Waals surface area contributed by atoms with Crippen LogP contribution in [0.25, 0.3) is 0 Å². The van der Waals surface area contributed by atoms with Crippen molar-refractivity contribution in [2.45, 2.75) is 58.3 Å². The molecular weight excluding hydrogens is 280 g/mol.